The highest BCUT2D eigenvalue weighted by atomic mass is 14.9. The first-order valence-electron chi connectivity index (χ1n) is 10.4. The molecule has 158 valence electrons. The topological polar surface area (TPSA) is 12.0 Å². The molecule has 1 N–H and O–H groups in total. The number of nitrogens with one attached hydrogen (secondary N) is 1. The number of rotatable bonds is 10. The van der Waals surface area contributed by atoms with Crippen molar-refractivity contribution in [3.63, 3.8) is 0 Å². The first-order chi connectivity index (χ1) is 14.1. The molecule has 0 aromatic heterocycles. The van der Waals surface area contributed by atoms with E-state index in [-0.39, 0.29) is 0 Å². The van der Waals surface area contributed by atoms with Gasteiger partial charge in [0, 0.05) is 17.8 Å². The van der Waals surface area contributed by atoms with Gasteiger partial charge in [-0.05, 0) is 61.1 Å². The summed E-state index contributed by atoms with van der Waals surface area (Å²) in [5.74, 6) is 0. The minimum atomic E-state index is 0.774. The Hall–Kier alpha value is -2.80. The molecule has 0 fully saturated rings. The van der Waals surface area contributed by atoms with Gasteiger partial charge in [-0.25, -0.2) is 0 Å². The molecule has 1 aromatic rings. The molecule has 0 aliphatic carbocycles. The maximum absolute atomic E-state index is 4.17. The largest absolute Gasteiger partial charge is 0.359 e. The van der Waals surface area contributed by atoms with Gasteiger partial charge in [0.05, 0.1) is 0 Å². The van der Waals surface area contributed by atoms with Crippen molar-refractivity contribution < 1.29 is 0 Å². The average molecular weight is 392 g/mol. The molecular weight excluding hydrogens is 350 g/mol. The van der Waals surface area contributed by atoms with Crippen LogP contribution in [-0.4, -0.2) is 0 Å². The standard InChI is InChI=1S/C24H31N.C2H6.C2H4/c1-7-12-20(13-8-2)17-19(6)25-23-15-16-24(22(11-5)18-23)21(10-4)14-9-3;2*1-2/h7-10,12-13,15-16,18,25H,1,3,6,11,14,17H2,2,4-5H3;1-2H3;1-2H2/b13-8-,20-12+,21-10+;;. The van der Waals surface area contributed by atoms with E-state index in [0.29, 0.717) is 0 Å². The van der Waals surface area contributed by atoms with Crippen LogP contribution in [0.4, 0.5) is 5.69 Å². The van der Waals surface area contributed by atoms with Crippen LogP contribution in [0.1, 0.15) is 58.6 Å². The zero-order valence-corrected chi connectivity index (χ0v) is 19.4. The van der Waals surface area contributed by atoms with Crippen LogP contribution in [0.2, 0.25) is 0 Å². The van der Waals surface area contributed by atoms with Crippen LogP contribution in [0.3, 0.4) is 0 Å². The molecule has 1 aromatic carbocycles. The Kier molecular flexibility index (Phi) is 18.2. The van der Waals surface area contributed by atoms with E-state index in [0.717, 1.165) is 30.6 Å². The fraction of sp³-hybridized carbons (Fsp3) is 0.286. The molecule has 1 heteroatoms. The van der Waals surface area contributed by atoms with Gasteiger partial charge < -0.3 is 5.32 Å². The number of anilines is 1. The summed E-state index contributed by atoms with van der Waals surface area (Å²) in [6.07, 6.45) is 14.7. The molecule has 0 spiro atoms. The lowest BCUT2D eigenvalue weighted by Gasteiger charge is -2.15. The van der Waals surface area contributed by atoms with Crippen molar-refractivity contribution in [2.24, 2.45) is 0 Å². The second kappa shape index (κ2) is 18.6. The van der Waals surface area contributed by atoms with Gasteiger partial charge >= 0.3 is 0 Å². The van der Waals surface area contributed by atoms with Crippen molar-refractivity contribution in [2.75, 3.05) is 5.32 Å². The monoisotopic (exact) mass is 391 g/mol. The Bertz CT molecular complexity index is 714. The van der Waals surface area contributed by atoms with Gasteiger partial charge in [-0.15, -0.1) is 19.7 Å². The van der Waals surface area contributed by atoms with Crippen LogP contribution in [0.5, 0.6) is 0 Å². The fourth-order valence-corrected chi connectivity index (χ4v) is 2.85. The first kappa shape index (κ1) is 28.4. The summed E-state index contributed by atoms with van der Waals surface area (Å²) in [4.78, 5) is 0. The Balaban J connectivity index is 0. The molecule has 29 heavy (non-hydrogen) atoms. The van der Waals surface area contributed by atoms with Gasteiger partial charge in [0.15, 0.2) is 0 Å². The van der Waals surface area contributed by atoms with Gasteiger partial charge in [0.25, 0.3) is 0 Å². The molecule has 0 heterocycles. The molecule has 0 atom stereocenters. The van der Waals surface area contributed by atoms with Crippen molar-refractivity contribution in [3.8, 4) is 0 Å². The molecule has 0 saturated carbocycles. The number of aryl methyl sites for hydroxylation is 1. The van der Waals surface area contributed by atoms with Crippen LogP contribution >= 0.6 is 0 Å². The maximum Gasteiger partial charge on any atom is 0.0384 e. The maximum atomic E-state index is 4.17. The summed E-state index contributed by atoms with van der Waals surface area (Å²) in [5.41, 5.74) is 7.20. The SMILES string of the molecule is C=C.C=C/C=C(\C=C/C)CC(=C)Nc1ccc(/C(=C/C)CC=C)c(CC)c1.CC. The van der Waals surface area contributed by atoms with Crippen LogP contribution in [0, 0.1) is 0 Å². The minimum Gasteiger partial charge on any atom is -0.359 e. The normalized spacial score (nSPS) is 10.9. The third-order valence-electron chi connectivity index (χ3n) is 4.00. The lowest BCUT2D eigenvalue weighted by atomic mass is 9.95. The predicted molar refractivity (Wildman–Crippen MR) is 137 cm³/mol. The van der Waals surface area contributed by atoms with Gasteiger partial charge in [-0.1, -0.05) is 76.5 Å². The molecule has 0 aliphatic rings. The van der Waals surface area contributed by atoms with Gasteiger partial charge in [0.2, 0.25) is 0 Å². The van der Waals surface area contributed by atoms with E-state index in [1.807, 2.05) is 45.1 Å². The lowest BCUT2D eigenvalue weighted by Crippen LogP contribution is -2.01. The molecule has 1 rings (SSSR count). The van der Waals surface area contributed by atoms with E-state index in [9.17, 15) is 0 Å². The van der Waals surface area contributed by atoms with Crippen molar-refractivity contribution in [2.45, 2.75) is 53.9 Å². The van der Waals surface area contributed by atoms with E-state index in [4.69, 9.17) is 0 Å². The number of allylic oxidation sites excluding steroid dienone is 8. The fourth-order valence-electron chi connectivity index (χ4n) is 2.85. The zero-order chi connectivity index (χ0) is 22.7. The predicted octanol–water partition coefficient (Wildman–Crippen LogP) is 9.06. The first-order valence-corrected chi connectivity index (χ1v) is 10.4. The Labute approximate surface area is 180 Å². The second-order valence-electron chi connectivity index (χ2n) is 5.91. The van der Waals surface area contributed by atoms with Crippen LogP contribution < -0.4 is 5.32 Å². The van der Waals surface area contributed by atoms with E-state index in [1.54, 1.807) is 0 Å². The summed E-state index contributed by atoms with van der Waals surface area (Å²) < 4.78 is 0. The molecule has 0 unspecified atom stereocenters. The van der Waals surface area contributed by atoms with E-state index in [2.05, 4.69) is 82.4 Å². The summed E-state index contributed by atoms with van der Waals surface area (Å²) in [6, 6.07) is 6.54. The van der Waals surface area contributed by atoms with Crippen LogP contribution in [0.15, 0.2) is 98.8 Å². The van der Waals surface area contributed by atoms with E-state index in [1.165, 1.54) is 22.3 Å². The highest BCUT2D eigenvalue weighted by Crippen LogP contribution is 2.27. The minimum absolute atomic E-state index is 0.774. The molecular formula is C28H41N. The van der Waals surface area contributed by atoms with E-state index >= 15 is 0 Å². The number of hydrogen-bond donors (Lipinski definition) is 1. The smallest absolute Gasteiger partial charge is 0.0384 e. The Morgan fingerprint density at radius 3 is 2.24 bits per heavy atom. The van der Waals surface area contributed by atoms with Gasteiger partial charge in [-0.2, -0.15) is 0 Å². The summed E-state index contributed by atoms with van der Waals surface area (Å²) in [5, 5.41) is 3.44. The van der Waals surface area contributed by atoms with Crippen molar-refractivity contribution in [3.05, 3.63) is 110 Å². The number of benzene rings is 1. The molecule has 0 aliphatic heterocycles. The Morgan fingerprint density at radius 1 is 1.10 bits per heavy atom. The van der Waals surface area contributed by atoms with E-state index < -0.39 is 0 Å². The quantitative estimate of drug-likeness (QED) is 0.310. The summed E-state index contributed by atoms with van der Waals surface area (Å²) >= 11 is 0. The van der Waals surface area contributed by atoms with Crippen LogP contribution in [0.25, 0.3) is 5.57 Å². The third kappa shape index (κ3) is 10.9. The Morgan fingerprint density at radius 2 is 1.76 bits per heavy atom. The highest BCUT2D eigenvalue weighted by Gasteiger charge is 2.07. The van der Waals surface area contributed by atoms with Gasteiger partial charge in [0.1, 0.15) is 0 Å². The molecule has 0 amide bonds. The summed E-state index contributed by atoms with van der Waals surface area (Å²) in [7, 11) is 0. The van der Waals surface area contributed by atoms with Gasteiger partial charge in [-0.3, -0.25) is 0 Å². The van der Waals surface area contributed by atoms with Crippen molar-refractivity contribution >= 4 is 11.3 Å². The van der Waals surface area contributed by atoms with Crippen molar-refractivity contribution in [1.82, 2.24) is 0 Å². The molecule has 0 radical (unpaired) electrons. The molecule has 0 saturated heterocycles. The summed E-state index contributed by atoms with van der Waals surface area (Å²) in [6.45, 7) is 28.1. The lowest BCUT2D eigenvalue weighted by molar-refractivity contribution is 1.11. The highest BCUT2D eigenvalue weighted by molar-refractivity contribution is 5.71. The molecule has 1 nitrogen and oxygen atoms in total. The second-order valence-corrected chi connectivity index (χ2v) is 5.91. The zero-order valence-electron chi connectivity index (χ0n) is 19.4. The average Bonchev–Trinajstić information content (AvgIpc) is 2.75. The number of hydrogen-bond acceptors (Lipinski definition) is 1. The van der Waals surface area contributed by atoms with Crippen LogP contribution in [-0.2, 0) is 6.42 Å². The molecule has 0 bridgehead atoms. The van der Waals surface area contributed by atoms with Crippen molar-refractivity contribution in [1.29, 1.82) is 0 Å². The third-order valence-corrected chi connectivity index (χ3v) is 4.00.